The molecule has 5 aromatic carbocycles. The number of nitrogens with zero attached hydrogens (tertiary/aromatic N) is 8. The molecule has 0 saturated carbocycles. The van der Waals surface area contributed by atoms with Crippen molar-refractivity contribution in [3.8, 4) is 45.3 Å². The van der Waals surface area contributed by atoms with E-state index in [0.717, 1.165) is 18.6 Å². The minimum absolute atomic E-state index is 0.00657. The maximum atomic E-state index is 15.8. The monoisotopic (exact) mass is 1190 g/mol. The lowest BCUT2D eigenvalue weighted by Crippen LogP contribution is -2.50. The molecule has 5 N–H and O–H groups in total. The number of β-amino-alcohol motifs (C(OH)–C–C–N with tert-alkyl or cyclic N) is 1. The fraction of sp³-hybridized carbons (Fsp3) is 0.362. The lowest BCUT2D eigenvalue weighted by molar-refractivity contribution is -0.142. The van der Waals surface area contributed by atoms with Gasteiger partial charge in [-0.15, -0.1) is 5.10 Å². The van der Waals surface area contributed by atoms with Gasteiger partial charge in [0.1, 0.15) is 65.6 Å². The number of anilines is 1. The number of fused-ring (bicyclic) bond motifs is 4. The second-order valence-corrected chi connectivity index (χ2v) is 21.9. The number of halogens is 8. The Labute approximate surface area is 479 Å². The van der Waals surface area contributed by atoms with Gasteiger partial charge in [-0.25, -0.2) is 22.2 Å². The van der Waals surface area contributed by atoms with Crippen molar-refractivity contribution in [2.24, 2.45) is 5.92 Å². The summed E-state index contributed by atoms with van der Waals surface area (Å²) < 4.78 is 125. The number of nitrogens with one attached hydrogen (secondary N) is 3. The number of aliphatic hydroxyl groups is 2. The van der Waals surface area contributed by atoms with Crippen LogP contribution in [0.4, 0.5) is 36.6 Å². The molecule has 2 bridgehead atoms. The molecule has 6 heterocycles. The van der Waals surface area contributed by atoms with Crippen molar-refractivity contribution >= 4 is 51.0 Å². The first-order chi connectivity index (χ1) is 40.2. The molecule has 3 fully saturated rings. The molecule has 440 valence electrons. The zero-order chi connectivity index (χ0) is 59.5. The lowest BCUT2D eigenvalue weighted by Gasteiger charge is -2.30. The summed E-state index contributed by atoms with van der Waals surface area (Å²) >= 11 is 6.68. The van der Waals surface area contributed by atoms with Gasteiger partial charge >= 0.3 is 12.2 Å². The summed E-state index contributed by atoms with van der Waals surface area (Å²) in [5.74, 6) is -6.19. The van der Waals surface area contributed by atoms with Crippen LogP contribution in [0.25, 0.3) is 55.3 Å². The van der Waals surface area contributed by atoms with Crippen LogP contribution in [0.1, 0.15) is 62.4 Å². The number of benzene rings is 5. The summed E-state index contributed by atoms with van der Waals surface area (Å²) in [6, 6.07) is 11.9. The van der Waals surface area contributed by atoms with E-state index in [0.29, 0.717) is 47.6 Å². The number of piperazine rings is 1. The third kappa shape index (κ3) is 11.2. The summed E-state index contributed by atoms with van der Waals surface area (Å²) in [5, 5.41) is 42.1. The molecule has 0 radical (unpaired) electrons. The molecule has 7 atom stereocenters. The highest BCUT2D eigenvalue weighted by Gasteiger charge is 2.45. The lowest BCUT2D eigenvalue weighted by atomic mass is 9.93. The van der Waals surface area contributed by atoms with Gasteiger partial charge in [-0.2, -0.15) is 28.2 Å². The van der Waals surface area contributed by atoms with Gasteiger partial charge in [0.2, 0.25) is 11.8 Å². The number of aromatic nitrogens is 7. The van der Waals surface area contributed by atoms with Crippen molar-refractivity contribution in [3.05, 3.63) is 130 Å². The van der Waals surface area contributed by atoms with E-state index in [1.54, 1.807) is 45.0 Å². The Morgan fingerprint density at radius 2 is 1.61 bits per heavy atom. The number of likely N-dealkylation sites (tertiary alicyclic amines) is 1. The average molecular weight is 1190 g/mol. The minimum atomic E-state index is -5.06. The van der Waals surface area contributed by atoms with Crippen molar-refractivity contribution in [3.63, 3.8) is 0 Å². The van der Waals surface area contributed by atoms with Gasteiger partial charge in [0, 0.05) is 90.9 Å². The summed E-state index contributed by atoms with van der Waals surface area (Å²) in [4.78, 5) is 41.1. The molecule has 0 unspecified atom stereocenters. The van der Waals surface area contributed by atoms with Gasteiger partial charge in [-0.3, -0.25) is 14.7 Å². The Bertz CT molecular complexity index is 3770. The predicted molar refractivity (Wildman–Crippen MR) is 294 cm³/mol. The van der Waals surface area contributed by atoms with Gasteiger partial charge in [-0.05, 0) is 42.0 Å². The zero-order valence-electron chi connectivity index (χ0n) is 45.4. The van der Waals surface area contributed by atoms with E-state index in [2.05, 4.69) is 31.1 Å². The van der Waals surface area contributed by atoms with Crippen LogP contribution in [-0.4, -0.2) is 132 Å². The first-order valence-electron chi connectivity index (χ1n) is 26.9. The molecular formula is C58H55ClF7N11O7. The number of H-pyrrole nitrogens is 1. The third-order valence-electron chi connectivity index (χ3n) is 15.6. The number of rotatable bonds is 18. The normalized spacial score (nSPS) is 19.0. The van der Waals surface area contributed by atoms with Crippen molar-refractivity contribution in [1.82, 2.24) is 50.7 Å². The fourth-order valence-electron chi connectivity index (χ4n) is 11.3. The summed E-state index contributed by atoms with van der Waals surface area (Å²) in [6.45, 7) is 5.15. The van der Waals surface area contributed by atoms with Crippen LogP contribution < -0.4 is 25.0 Å². The highest BCUT2D eigenvalue weighted by Crippen LogP contribution is 2.52. The van der Waals surface area contributed by atoms with E-state index < -0.39 is 106 Å². The van der Waals surface area contributed by atoms with Crippen LogP contribution in [0.2, 0.25) is 5.02 Å². The smallest absolute Gasteiger partial charge is 0.417 e. The van der Waals surface area contributed by atoms with E-state index >= 15 is 17.6 Å². The van der Waals surface area contributed by atoms with Gasteiger partial charge < -0.3 is 44.9 Å². The number of alkyl halides is 3. The van der Waals surface area contributed by atoms with Crippen molar-refractivity contribution in [1.29, 1.82) is 0 Å². The Hall–Kier alpha value is -7.97. The molecule has 18 nitrogen and oxygen atoms in total. The first kappa shape index (κ1) is 57.8. The number of amides is 2. The summed E-state index contributed by atoms with van der Waals surface area (Å²) in [6.07, 6.45) is -3.17. The van der Waals surface area contributed by atoms with E-state index in [4.69, 9.17) is 35.8 Å². The average Bonchev–Trinajstić information content (AvgIpc) is 1.50. The molecule has 3 aromatic heterocycles. The van der Waals surface area contributed by atoms with Crippen molar-refractivity contribution in [2.45, 2.75) is 88.8 Å². The van der Waals surface area contributed by atoms with Crippen LogP contribution in [0.15, 0.2) is 85.2 Å². The molecule has 11 rings (SSSR count). The highest BCUT2D eigenvalue weighted by atomic mass is 35.5. The fourth-order valence-corrected chi connectivity index (χ4v) is 11.6. The molecule has 26 heteroatoms. The van der Waals surface area contributed by atoms with Gasteiger partial charge in [0.25, 0.3) is 0 Å². The van der Waals surface area contributed by atoms with Gasteiger partial charge in [0.05, 0.1) is 58.9 Å². The summed E-state index contributed by atoms with van der Waals surface area (Å²) in [5.41, 5.74) is -0.821. The van der Waals surface area contributed by atoms with Gasteiger partial charge in [0.15, 0.2) is 5.75 Å². The van der Waals surface area contributed by atoms with E-state index in [9.17, 15) is 33.0 Å². The van der Waals surface area contributed by atoms with E-state index in [-0.39, 0.29) is 88.8 Å². The van der Waals surface area contributed by atoms with Crippen LogP contribution in [0, 0.1) is 29.2 Å². The maximum absolute atomic E-state index is 15.8. The SMILES string of the molecule is CO[C@@H](C)COc1nc(N2C[C@@H]3C[C@H]2CN3)c2cc(C(F)(F)F)c(-c3c(Cl)c(F)cc4[nH]ncc34)c(OCc3ccc(-c4cn([C@H](C(=O)N5C[C@H](O)C[C@H]5C(=O)N[C@@H](CO)c5ccc(-c6c(F)cc(F)cc6F)cc5)C(C)C)nn4)cc3)c2n1. The predicted octanol–water partition coefficient (Wildman–Crippen LogP) is 8.88. The number of ether oxygens (including phenoxy) is 3. The number of carbonyl (C=O) groups is 2. The molecule has 8 aromatic rings. The largest absolute Gasteiger partial charge is 0.486 e. The number of hydrogen-bond donors (Lipinski definition) is 5. The zero-order valence-corrected chi connectivity index (χ0v) is 46.2. The Kier molecular flexibility index (Phi) is 16.0. The van der Waals surface area contributed by atoms with E-state index in [1.807, 2.05) is 4.90 Å². The standard InChI is InChI=1S/C58H55ClF7N11O7/c1-27(2)52(56(81)76-22-36(79)16-46(76)55(80)69-45(24-78)31-9-11-32(12-10-31)47-40(61)13-33(60)14-41(47)62)77-23-44(73-74-77)30-7-5-29(6-8-30)26-83-53-49(48-38-20-68-72-43(38)18-42(63)50(48)59)39(58(64,65)66)17-37-51(53)70-57(84-25-28(3)82-4)71-54(37)75-21-34-15-35(75)19-67-34/h5-14,17-18,20,23,27-28,34-36,45-46,52,67,78-79H,15-16,19,21-22,24-26H2,1-4H3,(H,68,72)(H,69,80)/t28-,34-,35-,36+,45-,46-,52-/m0/s1. The second-order valence-electron chi connectivity index (χ2n) is 21.5. The molecular weight excluding hydrogens is 1130 g/mol. The molecule has 2 amide bonds. The van der Waals surface area contributed by atoms with Crippen LogP contribution >= 0.6 is 11.6 Å². The molecule has 0 spiro atoms. The quantitative estimate of drug-likeness (QED) is 0.0507. The van der Waals surface area contributed by atoms with Crippen molar-refractivity contribution in [2.75, 3.05) is 44.9 Å². The number of carbonyl (C=O) groups excluding carboxylic acids is 2. The Balaban J connectivity index is 0.871. The number of aliphatic hydroxyl groups excluding tert-OH is 2. The molecule has 3 aliphatic heterocycles. The molecule has 3 saturated heterocycles. The van der Waals surface area contributed by atoms with Gasteiger partial charge in [-0.1, -0.05) is 79.2 Å². The summed E-state index contributed by atoms with van der Waals surface area (Å²) in [7, 11) is 1.50. The topological polar surface area (TPSA) is 218 Å². The van der Waals surface area contributed by atoms with Crippen LogP contribution in [-0.2, 0) is 27.1 Å². The molecule has 0 aliphatic carbocycles. The molecule has 84 heavy (non-hydrogen) atoms. The number of aromatic amines is 1. The van der Waals surface area contributed by atoms with Crippen molar-refractivity contribution < 1.29 is 64.7 Å². The number of methoxy groups -OCH3 is 1. The van der Waals surface area contributed by atoms with Crippen LogP contribution in [0.3, 0.4) is 0 Å². The number of hydrogen-bond acceptors (Lipinski definition) is 14. The highest BCUT2D eigenvalue weighted by molar-refractivity contribution is 6.35. The molecule has 3 aliphatic rings. The Morgan fingerprint density at radius 1 is 0.881 bits per heavy atom. The Morgan fingerprint density at radius 3 is 2.26 bits per heavy atom. The van der Waals surface area contributed by atoms with E-state index in [1.165, 1.54) is 53.4 Å². The maximum Gasteiger partial charge on any atom is 0.417 e. The third-order valence-corrected chi connectivity index (χ3v) is 15.9. The second kappa shape index (κ2) is 23.2. The minimum Gasteiger partial charge on any atom is -0.486 e. The van der Waals surface area contributed by atoms with Crippen LogP contribution in [0.5, 0.6) is 11.8 Å². The first-order valence-corrected chi connectivity index (χ1v) is 27.3.